The van der Waals surface area contributed by atoms with Gasteiger partial charge in [0.15, 0.2) is 0 Å². The van der Waals surface area contributed by atoms with Crippen LogP contribution in [-0.4, -0.2) is 11.8 Å². The first-order valence-corrected chi connectivity index (χ1v) is 6.98. The van der Waals surface area contributed by atoms with Crippen LogP contribution in [0.5, 0.6) is 0 Å². The molecule has 1 aliphatic rings. The first-order chi connectivity index (χ1) is 8.16. The Bertz CT molecular complexity index is 405. The molecule has 2 rings (SSSR count). The quantitative estimate of drug-likeness (QED) is 0.931. The Kier molecular flexibility index (Phi) is 4.35. The maximum absolute atomic E-state index is 12.2. The highest BCUT2D eigenvalue weighted by atomic mass is 79.9. The maximum Gasteiger partial charge on any atom is 0.140 e. The van der Waals surface area contributed by atoms with Gasteiger partial charge in [0.25, 0.3) is 0 Å². The average molecular weight is 296 g/mol. The molecule has 1 aliphatic carbocycles. The van der Waals surface area contributed by atoms with Gasteiger partial charge in [-0.3, -0.25) is 4.79 Å². The maximum atomic E-state index is 12.2. The van der Waals surface area contributed by atoms with Crippen LogP contribution in [0.15, 0.2) is 28.7 Å². The van der Waals surface area contributed by atoms with E-state index in [-0.39, 0.29) is 12.0 Å². The Morgan fingerprint density at radius 2 is 2.12 bits per heavy atom. The highest BCUT2D eigenvalue weighted by molar-refractivity contribution is 9.10. The lowest BCUT2D eigenvalue weighted by atomic mass is 9.82. The normalized spacial score (nSPS) is 24.6. The summed E-state index contributed by atoms with van der Waals surface area (Å²) in [5, 5.41) is 0. The third-order valence-electron chi connectivity index (χ3n) is 3.49. The first-order valence-electron chi connectivity index (χ1n) is 6.18. The van der Waals surface area contributed by atoms with E-state index < -0.39 is 0 Å². The molecule has 0 spiro atoms. The predicted octanol–water partition coefficient (Wildman–Crippen LogP) is 3.08. The van der Waals surface area contributed by atoms with Crippen molar-refractivity contribution in [1.82, 2.24) is 0 Å². The zero-order valence-corrected chi connectivity index (χ0v) is 11.4. The van der Waals surface area contributed by atoms with Gasteiger partial charge in [-0.25, -0.2) is 0 Å². The number of carbonyl (C=O) groups is 1. The monoisotopic (exact) mass is 295 g/mol. The topological polar surface area (TPSA) is 43.1 Å². The summed E-state index contributed by atoms with van der Waals surface area (Å²) in [6.07, 6.45) is 4.56. The number of hydrogen-bond acceptors (Lipinski definition) is 2. The minimum Gasteiger partial charge on any atom is -0.328 e. The molecule has 0 bridgehead atoms. The van der Waals surface area contributed by atoms with Crippen molar-refractivity contribution in [2.24, 2.45) is 11.7 Å². The molecule has 2 nitrogen and oxygen atoms in total. The molecule has 0 radical (unpaired) electrons. The third-order valence-corrected chi connectivity index (χ3v) is 4.27. The minimum absolute atomic E-state index is 0.172. The fourth-order valence-corrected chi connectivity index (χ4v) is 2.92. The largest absolute Gasteiger partial charge is 0.328 e. The van der Waals surface area contributed by atoms with E-state index in [0.29, 0.717) is 12.2 Å². The van der Waals surface area contributed by atoms with Crippen molar-refractivity contribution in [3.8, 4) is 0 Å². The molecule has 0 aliphatic heterocycles. The lowest BCUT2D eigenvalue weighted by Gasteiger charge is -2.25. The summed E-state index contributed by atoms with van der Waals surface area (Å²) in [5.41, 5.74) is 7.00. The molecule has 0 aromatic heterocycles. The summed E-state index contributed by atoms with van der Waals surface area (Å²) in [6.45, 7) is 0. The lowest BCUT2D eigenvalue weighted by molar-refractivity contribution is -0.123. The van der Waals surface area contributed by atoms with Gasteiger partial charge in [0.1, 0.15) is 5.78 Å². The molecule has 2 atom stereocenters. The first kappa shape index (κ1) is 12.8. The van der Waals surface area contributed by atoms with E-state index in [2.05, 4.69) is 15.9 Å². The van der Waals surface area contributed by atoms with Crippen LogP contribution in [0.3, 0.4) is 0 Å². The molecule has 3 heteroatoms. The number of halogens is 1. The van der Waals surface area contributed by atoms with Crippen molar-refractivity contribution < 1.29 is 4.79 Å². The van der Waals surface area contributed by atoms with Gasteiger partial charge >= 0.3 is 0 Å². The highest BCUT2D eigenvalue weighted by Crippen LogP contribution is 2.26. The van der Waals surface area contributed by atoms with Crippen LogP contribution in [-0.2, 0) is 11.2 Å². The van der Waals surface area contributed by atoms with Crippen LogP contribution >= 0.6 is 15.9 Å². The summed E-state index contributed by atoms with van der Waals surface area (Å²) >= 11 is 3.48. The summed E-state index contributed by atoms with van der Waals surface area (Å²) in [4.78, 5) is 12.2. The number of nitrogens with two attached hydrogens (primary N) is 1. The standard InChI is InChI=1S/C14H18BrNO/c15-13-7-2-1-4-10(13)9-14(17)11-5-3-6-12(16)8-11/h1-2,4,7,11-12H,3,5-6,8-9,16H2. The Morgan fingerprint density at radius 3 is 2.82 bits per heavy atom. The van der Waals surface area contributed by atoms with Gasteiger partial charge in [-0.15, -0.1) is 0 Å². The second-order valence-electron chi connectivity index (χ2n) is 4.86. The van der Waals surface area contributed by atoms with Crippen LogP contribution < -0.4 is 5.73 Å². The van der Waals surface area contributed by atoms with Gasteiger partial charge in [0, 0.05) is 22.9 Å². The zero-order valence-electron chi connectivity index (χ0n) is 9.86. The molecule has 1 saturated carbocycles. The molecule has 0 saturated heterocycles. The smallest absolute Gasteiger partial charge is 0.140 e. The molecule has 2 unspecified atom stereocenters. The van der Waals surface area contributed by atoms with Crippen LogP contribution in [0.4, 0.5) is 0 Å². The fourth-order valence-electron chi connectivity index (χ4n) is 2.49. The van der Waals surface area contributed by atoms with E-state index in [1.807, 2.05) is 24.3 Å². The molecular formula is C14H18BrNO. The fraction of sp³-hybridized carbons (Fsp3) is 0.500. The Hall–Kier alpha value is -0.670. The molecule has 1 aromatic carbocycles. The van der Waals surface area contributed by atoms with Crippen molar-refractivity contribution >= 4 is 21.7 Å². The number of ketones is 1. The molecule has 2 N–H and O–H groups in total. The van der Waals surface area contributed by atoms with Crippen LogP contribution in [0.25, 0.3) is 0 Å². The highest BCUT2D eigenvalue weighted by Gasteiger charge is 2.25. The third kappa shape index (κ3) is 3.39. The van der Waals surface area contributed by atoms with Gasteiger partial charge in [0.2, 0.25) is 0 Å². The molecule has 1 fully saturated rings. The van der Waals surface area contributed by atoms with E-state index in [4.69, 9.17) is 5.73 Å². The van der Waals surface area contributed by atoms with Crippen molar-refractivity contribution in [3.05, 3.63) is 34.3 Å². The van der Waals surface area contributed by atoms with E-state index in [1.165, 1.54) is 0 Å². The lowest BCUT2D eigenvalue weighted by Crippen LogP contribution is -2.32. The van der Waals surface area contributed by atoms with Crippen molar-refractivity contribution in [3.63, 3.8) is 0 Å². The molecule has 1 aromatic rings. The molecule has 0 amide bonds. The van der Waals surface area contributed by atoms with Gasteiger partial charge in [0.05, 0.1) is 0 Å². The number of carbonyl (C=O) groups excluding carboxylic acids is 1. The average Bonchev–Trinajstić information content (AvgIpc) is 2.32. The SMILES string of the molecule is NC1CCCC(C(=O)Cc2ccccc2Br)C1. The molecular weight excluding hydrogens is 278 g/mol. The zero-order chi connectivity index (χ0) is 12.3. The molecule has 0 heterocycles. The second-order valence-corrected chi connectivity index (χ2v) is 5.71. The summed E-state index contributed by atoms with van der Waals surface area (Å²) in [6, 6.07) is 8.14. The van der Waals surface area contributed by atoms with Crippen molar-refractivity contribution in [2.45, 2.75) is 38.1 Å². The number of benzene rings is 1. The molecule has 92 valence electrons. The second kappa shape index (κ2) is 5.78. The van der Waals surface area contributed by atoms with E-state index in [9.17, 15) is 4.79 Å². The number of Topliss-reactive ketones (excluding diaryl/α,β-unsaturated/α-hetero) is 1. The Labute approximate surface area is 111 Å². The molecule has 17 heavy (non-hydrogen) atoms. The number of rotatable bonds is 3. The van der Waals surface area contributed by atoms with Gasteiger partial charge in [-0.2, -0.15) is 0 Å². The summed E-state index contributed by atoms with van der Waals surface area (Å²) < 4.78 is 1.02. The van der Waals surface area contributed by atoms with Crippen molar-refractivity contribution in [1.29, 1.82) is 0 Å². The van der Waals surface area contributed by atoms with Gasteiger partial charge in [-0.05, 0) is 30.9 Å². The predicted molar refractivity (Wildman–Crippen MR) is 72.8 cm³/mol. The minimum atomic E-state index is 0.172. The van der Waals surface area contributed by atoms with Gasteiger partial charge in [-0.1, -0.05) is 40.5 Å². The van der Waals surface area contributed by atoms with Crippen LogP contribution in [0.2, 0.25) is 0 Å². The van der Waals surface area contributed by atoms with E-state index >= 15 is 0 Å². The van der Waals surface area contributed by atoms with Crippen LogP contribution in [0, 0.1) is 5.92 Å². The number of hydrogen-bond donors (Lipinski definition) is 1. The summed E-state index contributed by atoms with van der Waals surface area (Å²) in [5.74, 6) is 0.512. The van der Waals surface area contributed by atoms with Crippen molar-refractivity contribution in [2.75, 3.05) is 0 Å². The summed E-state index contributed by atoms with van der Waals surface area (Å²) in [7, 11) is 0. The Balaban J connectivity index is 1.99. The van der Waals surface area contributed by atoms with E-state index in [0.717, 1.165) is 35.7 Å². The van der Waals surface area contributed by atoms with Crippen LogP contribution in [0.1, 0.15) is 31.2 Å². The Morgan fingerprint density at radius 1 is 1.35 bits per heavy atom. The van der Waals surface area contributed by atoms with Gasteiger partial charge < -0.3 is 5.73 Å². The van der Waals surface area contributed by atoms with E-state index in [1.54, 1.807) is 0 Å².